The first kappa shape index (κ1) is 16.9. The molecular weight excluding hydrogens is 305 g/mol. The molecule has 0 aliphatic rings. The lowest BCUT2D eigenvalue weighted by Gasteiger charge is -2.16. The fourth-order valence-corrected chi connectivity index (χ4v) is 1.36. The summed E-state index contributed by atoms with van der Waals surface area (Å²) in [6.07, 6.45) is -8.69. The molecular formula is C11H10F5NO4. The molecule has 1 aromatic heterocycles. The third-order valence-electron chi connectivity index (χ3n) is 2.10. The minimum absolute atomic E-state index is 0.168. The van der Waals surface area contributed by atoms with Gasteiger partial charge in [-0.3, -0.25) is 0 Å². The largest absolute Gasteiger partial charge is 0.573 e. The van der Waals surface area contributed by atoms with E-state index in [1.54, 1.807) is 0 Å². The van der Waals surface area contributed by atoms with E-state index in [-0.39, 0.29) is 6.61 Å². The van der Waals surface area contributed by atoms with Gasteiger partial charge in [0.05, 0.1) is 13.7 Å². The first-order chi connectivity index (χ1) is 9.69. The van der Waals surface area contributed by atoms with Gasteiger partial charge in [-0.25, -0.2) is 18.6 Å². The van der Waals surface area contributed by atoms with Gasteiger partial charge in [-0.1, -0.05) is 0 Å². The molecule has 0 aliphatic heterocycles. The highest BCUT2D eigenvalue weighted by molar-refractivity contribution is 5.93. The van der Waals surface area contributed by atoms with Crippen molar-refractivity contribution in [2.75, 3.05) is 13.7 Å². The van der Waals surface area contributed by atoms with Crippen molar-refractivity contribution in [2.24, 2.45) is 0 Å². The number of carbonyl (C=O) groups excluding carboxylic acids is 1. The second kappa shape index (κ2) is 6.55. The van der Waals surface area contributed by atoms with Gasteiger partial charge in [0.2, 0.25) is 5.88 Å². The number of ether oxygens (including phenoxy) is 3. The molecule has 118 valence electrons. The highest BCUT2D eigenvalue weighted by Gasteiger charge is 2.37. The molecule has 0 radical (unpaired) electrons. The van der Waals surface area contributed by atoms with E-state index in [0.29, 0.717) is 0 Å². The quantitative estimate of drug-likeness (QED) is 0.617. The summed E-state index contributed by atoms with van der Waals surface area (Å²) in [6, 6.07) is 0.727. The average Bonchev–Trinajstić information content (AvgIpc) is 2.36. The lowest BCUT2D eigenvalue weighted by atomic mass is 10.2. The lowest BCUT2D eigenvalue weighted by Crippen LogP contribution is -2.21. The summed E-state index contributed by atoms with van der Waals surface area (Å²) in [5.41, 5.74) is -2.22. The Morgan fingerprint density at radius 3 is 2.43 bits per heavy atom. The Morgan fingerprint density at radius 1 is 1.38 bits per heavy atom. The Balaban J connectivity index is 3.48. The summed E-state index contributed by atoms with van der Waals surface area (Å²) >= 11 is 0. The van der Waals surface area contributed by atoms with E-state index in [2.05, 4.69) is 19.2 Å². The Bertz CT molecular complexity index is 518. The molecule has 0 aromatic carbocycles. The molecule has 21 heavy (non-hydrogen) atoms. The van der Waals surface area contributed by atoms with Crippen molar-refractivity contribution in [3.8, 4) is 11.6 Å². The molecule has 0 saturated heterocycles. The van der Waals surface area contributed by atoms with Crippen LogP contribution in [0.15, 0.2) is 6.07 Å². The number of methoxy groups -OCH3 is 1. The van der Waals surface area contributed by atoms with Crippen LogP contribution in [0.4, 0.5) is 22.0 Å². The second-order valence-corrected chi connectivity index (χ2v) is 3.50. The zero-order chi connectivity index (χ0) is 16.2. The fourth-order valence-electron chi connectivity index (χ4n) is 1.36. The average molecular weight is 315 g/mol. The summed E-state index contributed by atoms with van der Waals surface area (Å²) in [6.45, 7) is 1.23. The molecule has 0 saturated carbocycles. The minimum Gasteiger partial charge on any atom is -0.481 e. The molecule has 0 amide bonds. The van der Waals surface area contributed by atoms with Gasteiger partial charge in [0.1, 0.15) is 5.56 Å². The topological polar surface area (TPSA) is 57.7 Å². The van der Waals surface area contributed by atoms with E-state index in [9.17, 15) is 26.7 Å². The van der Waals surface area contributed by atoms with E-state index < -0.39 is 41.6 Å². The van der Waals surface area contributed by atoms with Crippen molar-refractivity contribution in [3.63, 3.8) is 0 Å². The molecule has 10 heteroatoms. The van der Waals surface area contributed by atoms with E-state index in [1.807, 2.05) is 0 Å². The molecule has 0 unspecified atom stereocenters. The monoisotopic (exact) mass is 315 g/mol. The van der Waals surface area contributed by atoms with E-state index in [0.717, 1.165) is 13.2 Å². The molecule has 1 aromatic rings. The van der Waals surface area contributed by atoms with Gasteiger partial charge < -0.3 is 14.2 Å². The number of carbonyl (C=O) groups is 1. The van der Waals surface area contributed by atoms with E-state index >= 15 is 0 Å². The molecule has 0 fully saturated rings. The number of halogens is 5. The maximum absolute atomic E-state index is 12.8. The molecule has 0 N–H and O–H groups in total. The van der Waals surface area contributed by atoms with Crippen LogP contribution in [0.2, 0.25) is 0 Å². The molecule has 5 nitrogen and oxygen atoms in total. The standard InChI is InChI=1S/C11H10F5NO4/c1-3-20-10(18)5-4-6(19-2)17-7(9(12)13)8(5)21-11(14,15)16/h4,9H,3H2,1-2H3. The Morgan fingerprint density at radius 2 is 2.00 bits per heavy atom. The van der Waals surface area contributed by atoms with Crippen LogP contribution in [-0.2, 0) is 4.74 Å². The van der Waals surface area contributed by atoms with Gasteiger partial charge in [-0.15, -0.1) is 13.2 Å². The first-order valence-electron chi connectivity index (χ1n) is 5.49. The van der Waals surface area contributed by atoms with Gasteiger partial charge in [-0.05, 0) is 6.92 Å². The molecule has 0 bridgehead atoms. The highest BCUT2D eigenvalue weighted by Crippen LogP contribution is 2.37. The van der Waals surface area contributed by atoms with Crippen molar-refractivity contribution >= 4 is 5.97 Å². The summed E-state index contributed by atoms with van der Waals surface area (Å²) in [7, 11) is 1.05. The van der Waals surface area contributed by atoms with Crippen molar-refractivity contribution in [2.45, 2.75) is 19.7 Å². The Hall–Kier alpha value is -2.13. The smallest absolute Gasteiger partial charge is 0.481 e. The minimum atomic E-state index is -5.28. The zero-order valence-electron chi connectivity index (χ0n) is 10.8. The van der Waals surface area contributed by atoms with Crippen LogP contribution in [-0.4, -0.2) is 31.0 Å². The van der Waals surface area contributed by atoms with Crippen LogP contribution < -0.4 is 9.47 Å². The predicted molar refractivity (Wildman–Crippen MR) is 58.4 cm³/mol. The third-order valence-corrected chi connectivity index (χ3v) is 2.10. The Labute approximate surface area is 115 Å². The summed E-state index contributed by atoms with van der Waals surface area (Å²) in [5.74, 6) is -3.14. The van der Waals surface area contributed by atoms with E-state index in [4.69, 9.17) is 0 Å². The molecule has 0 atom stereocenters. The maximum Gasteiger partial charge on any atom is 0.573 e. The second-order valence-electron chi connectivity index (χ2n) is 3.50. The lowest BCUT2D eigenvalue weighted by molar-refractivity contribution is -0.275. The van der Waals surface area contributed by atoms with Gasteiger partial charge in [-0.2, -0.15) is 0 Å². The van der Waals surface area contributed by atoms with Crippen LogP contribution in [0, 0.1) is 0 Å². The summed E-state index contributed by atoms with van der Waals surface area (Å²) in [5, 5.41) is 0. The van der Waals surface area contributed by atoms with Crippen molar-refractivity contribution in [1.82, 2.24) is 4.98 Å². The van der Waals surface area contributed by atoms with Gasteiger partial charge in [0.25, 0.3) is 6.43 Å². The van der Waals surface area contributed by atoms with Crippen LogP contribution in [0.5, 0.6) is 11.6 Å². The van der Waals surface area contributed by atoms with Gasteiger partial charge >= 0.3 is 12.3 Å². The number of rotatable bonds is 5. The number of esters is 1. The van der Waals surface area contributed by atoms with Gasteiger partial charge in [0.15, 0.2) is 11.4 Å². The highest BCUT2D eigenvalue weighted by atomic mass is 19.4. The molecule has 0 aliphatic carbocycles. The van der Waals surface area contributed by atoms with Crippen LogP contribution in [0.1, 0.15) is 29.4 Å². The number of aromatic nitrogens is 1. The normalized spacial score (nSPS) is 11.4. The van der Waals surface area contributed by atoms with Crippen LogP contribution >= 0.6 is 0 Å². The number of hydrogen-bond donors (Lipinski definition) is 0. The summed E-state index contributed by atoms with van der Waals surface area (Å²) < 4.78 is 75.2. The number of alkyl halides is 5. The van der Waals surface area contributed by atoms with Gasteiger partial charge in [0, 0.05) is 6.07 Å². The number of pyridine rings is 1. The van der Waals surface area contributed by atoms with Crippen LogP contribution in [0.3, 0.4) is 0 Å². The summed E-state index contributed by atoms with van der Waals surface area (Å²) in [4.78, 5) is 14.8. The third kappa shape index (κ3) is 4.43. The Kier molecular flexibility index (Phi) is 5.28. The number of nitrogens with zero attached hydrogens (tertiary/aromatic N) is 1. The number of hydrogen-bond acceptors (Lipinski definition) is 5. The van der Waals surface area contributed by atoms with Crippen molar-refractivity contribution in [1.29, 1.82) is 0 Å². The SMILES string of the molecule is CCOC(=O)c1cc(OC)nc(C(F)F)c1OC(F)(F)F. The fraction of sp³-hybridized carbons (Fsp3) is 0.455. The predicted octanol–water partition coefficient (Wildman–Crippen LogP) is 3.10. The molecule has 0 spiro atoms. The van der Waals surface area contributed by atoms with Crippen molar-refractivity contribution in [3.05, 3.63) is 17.3 Å². The molecule has 1 rings (SSSR count). The van der Waals surface area contributed by atoms with E-state index in [1.165, 1.54) is 6.92 Å². The first-order valence-corrected chi connectivity index (χ1v) is 5.49. The maximum atomic E-state index is 12.8. The zero-order valence-corrected chi connectivity index (χ0v) is 10.8. The van der Waals surface area contributed by atoms with Crippen LogP contribution in [0.25, 0.3) is 0 Å². The molecule has 1 heterocycles. The van der Waals surface area contributed by atoms with Crippen molar-refractivity contribution < 1.29 is 41.0 Å².